The zero-order chi connectivity index (χ0) is 18.8. The van der Waals surface area contributed by atoms with Gasteiger partial charge in [-0.05, 0) is 47.9 Å². The van der Waals surface area contributed by atoms with Crippen LogP contribution in [-0.2, 0) is 6.61 Å². The molecule has 0 aliphatic carbocycles. The number of hydrogen-bond acceptors (Lipinski definition) is 2. The number of aryl methyl sites for hydroxylation is 1. The minimum Gasteiger partial charge on any atom is -0.487 e. The standard InChI is InChI=1S/C23H18ClNO2/c1-16-6-5-11-25-21(16)13-19(22(25)14-26)18-9-10-23(20(24)12-18)27-15-17-7-3-2-4-8-17/h2-14H,15H2,1H3. The number of hydrogen-bond donors (Lipinski definition) is 0. The predicted octanol–water partition coefficient (Wildman–Crippen LogP) is 5.96. The molecule has 4 aromatic rings. The molecule has 0 radical (unpaired) electrons. The summed E-state index contributed by atoms with van der Waals surface area (Å²) >= 11 is 6.45. The third-order valence-electron chi connectivity index (χ3n) is 4.65. The van der Waals surface area contributed by atoms with E-state index in [-0.39, 0.29) is 0 Å². The summed E-state index contributed by atoms with van der Waals surface area (Å²) in [5.41, 5.74) is 5.56. The van der Waals surface area contributed by atoms with Crippen molar-refractivity contribution >= 4 is 23.4 Å². The predicted molar refractivity (Wildman–Crippen MR) is 109 cm³/mol. The van der Waals surface area contributed by atoms with Gasteiger partial charge in [-0.2, -0.15) is 0 Å². The number of nitrogens with zero attached hydrogens (tertiary/aromatic N) is 1. The molecule has 134 valence electrons. The van der Waals surface area contributed by atoms with Crippen molar-refractivity contribution in [3.05, 3.63) is 94.8 Å². The summed E-state index contributed by atoms with van der Waals surface area (Å²) < 4.78 is 7.75. The van der Waals surface area contributed by atoms with E-state index in [1.807, 2.05) is 84.3 Å². The van der Waals surface area contributed by atoms with Gasteiger partial charge in [-0.3, -0.25) is 4.79 Å². The average molecular weight is 376 g/mol. The molecule has 0 spiro atoms. The number of ether oxygens (including phenoxy) is 1. The fourth-order valence-corrected chi connectivity index (χ4v) is 3.47. The summed E-state index contributed by atoms with van der Waals surface area (Å²) in [4.78, 5) is 11.7. The zero-order valence-electron chi connectivity index (χ0n) is 14.9. The van der Waals surface area contributed by atoms with Crippen LogP contribution >= 0.6 is 11.6 Å². The number of rotatable bonds is 5. The van der Waals surface area contributed by atoms with Gasteiger partial charge < -0.3 is 9.14 Å². The first-order valence-electron chi connectivity index (χ1n) is 8.70. The summed E-state index contributed by atoms with van der Waals surface area (Å²) in [7, 11) is 0. The lowest BCUT2D eigenvalue weighted by molar-refractivity contribution is 0.111. The molecule has 2 heterocycles. The molecule has 0 N–H and O–H groups in total. The van der Waals surface area contributed by atoms with Gasteiger partial charge in [-0.1, -0.05) is 54.1 Å². The average Bonchev–Trinajstić information content (AvgIpc) is 3.08. The summed E-state index contributed by atoms with van der Waals surface area (Å²) in [6.07, 6.45) is 2.78. The maximum Gasteiger partial charge on any atom is 0.167 e. The Kier molecular flexibility index (Phi) is 4.69. The van der Waals surface area contributed by atoms with Crippen molar-refractivity contribution in [1.29, 1.82) is 0 Å². The lowest BCUT2D eigenvalue weighted by atomic mass is 10.1. The number of aromatic nitrogens is 1. The van der Waals surface area contributed by atoms with Crippen molar-refractivity contribution in [2.24, 2.45) is 0 Å². The Morgan fingerprint density at radius 3 is 2.59 bits per heavy atom. The molecule has 0 unspecified atom stereocenters. The molecule has 4 heteroatoms. The molecule has 4 rings (SSSR count). The van der Waals surface area contributed by atoms with Crippen LogP contribution in [0.5, 0.6) is 5.75 Å². The van der Waals surface area contributed by atoms with Gasteiger partial charge in [0.25, 0.3) is 0 Å². The Morgan fingerprint density at radius 2 is 1.85 bits per heavy atom. The highest BCUT2D eigenvalue weighted by atomic mass is 35.5. The number of pyridine rings is 1. The van der Waals surface area contributed by atoms with Crippen LogP contribution in [0.25, 0.3) is 16.6 Å². The van der Waals surface area contributed by atoms with Crippen molar-refractivity contribution < 1.29 is 9.53 Å². The maximum absolute atomic E-state index is 11.7. The molecular weight excluding hydrogens is 358 g/mol. The highest BCUT2D eigenvalue weighted by Crippen LogP contribution is 2.34. The molecule has 0 bridgehead atoms. The minimum absolute atomic E-state index is 0.453. The summed E-state index contributed by atoms with van der Waals surface area (Å²) in [5.74, 6) is 0.622. The number of aldehydes is 1. The Hall–Kier alpha value is -3.04. The highest BCUT2D eigenvalue weighted by Gasteiger charge is 2.14. The van der Waals surface area contributed by atoms with Gasteiger partial charge >= 0.3 is 0 Å². The fourth-order valence-electron chi connectivity index (χ4n) is 3.24. The van der Waals surface area contributed by atoms with Crippen molar-refractivity contribution in [1.82, 2.24) is 4.40 Å². The number of halogens is 1. The van der Waals surface area contributed by atoms with E-state index in [0.717, 1.165) is 34.1 Å². The smallest absolute Gasteiger partial charge is 0.167 e. The van der Waals surface area contributed by atoms with Gasteiger partial charge in [0.1, 0.15) is 12.4 Å². The SMILES string of the molecule is Cc1cccn2c(C=O)c(-c3ccc(OCc4ccccc4)c(Cl)c3)cc12. The van der Waals surface area contributed by atoms with E-state index in [2.05, 4.69) is 0 Å². The Labute approximate surface area is 162 Å². The van der Waals surface area contributed by atoms with Gasteiger partial charge in [0.05, 0.1) is 10.7 Å². The van der Waals surface area contributed by atoms with Crippen LogP contribution in [0.4, 0.5) is 0 Å². The van der Waals surface area contributed by atoms with E-state index in [9.17, 15) is 4.79 Å². The fraction of sp³-hybridized carbons (Fsp3) is 0.0870. The first-order chi connectivity index (χ1) is 13.2. The van der Waals surface area contributed by atoms with Gasteiger partial charge in [0.2, 0.25) is 0 Å². The van der Waals surface area contributed by atoms with Gasteiger partial charge in [0.15, 0.2) is 6.29 Å². The van der Waals surface area contributed by atoms with Crippen LogP contribution < -0.4 is 4.74 Å². The van der Waals surface area contributed by atoms with Crippen molar-refractivity contribution in [3.63, 3.8) is 0 Å². The van der Waals surface area contributed by atoms with Crippen LogP contribution in [0.1, 0.15) is 21.6 Å². The Morgan fingerprint density at radius 1 is 1.04 bits per heavy atom. The Bertz CT molecular complexity index is 1120. The second-order valence-electron chi connectivity index (χ2n) is 6.43. The number of carbonyl (C=O) groups excluding carboxylic acids is 1. The van der Waals surface area contributed by atoms with Gasteiger partial charge in [-0.15, -0.1) is 0 Å². The molecular formula is C23H18ClNO2. The van der Waals surface area contributed by atoms with Crippen LogP contribution in [0, 0.1) is 6.92 Å². The second-order valence-corrected chi connectivity index (χ2v) is 6.83. The summed E-state index contributed by atoms with van der Waals surface area (Å²) in [5, 5.41) is 0.521. The van der Waals surface area contributed by atoms with Crippen LogP contribution in [0.3, 0.4) is 0 Å². The molecule has 2 aromatic carbocycles. The third-order valence-corrected chi connectivity index (χ3v) is 4.95. The molecule has 0 saturated heterocycles. The molecule has 2 aromatic heterocycles. The van der Waals surface area contributed by atoms with Crippen molar-refractivity contribution in [2.75, 3.05) is 0 Å². The maximum atomic E-state index is 11.7. The molecule has 3 nitrogen and oxygen atoms in total. The third kappa shape index (κ3) is 3.34. The first kappa shape index (κ1) is 17.4. The molecule has 0 atom stereocenters. The summed E-state index contributed by atoms with van der Waals surface area (Å²) in [6.45, 7) is 2.48. The summed E-state index contributed by atoms with van der Waals surface area (Å²) in [6, 6.07) is 21.6. The largest absolute Gasteiger partial charge is 0.487 e. The van der Waals surface area contributed by atoms with E-state index in [4.69, 9.17) is 16.3 Å². The number of benzene rings is 2. The Balaban J connectivity index is 1.67. The monoisotopic (exact) mass is 375 g/mol. The lowest BCUT2D eigenvalue weighted by Crippen LogP contribution is -1.96. The van der Waals surface area contributed by atoms with Gasteiger partial charge in [-0.25, -0.2) is 0 Å². The normalized spacial score (nSPS) is 10.9. The van der Waals surface area contributed by atoms with E-state index < -0.39 is 0 Å². The minimum atomic E-state index is 0.453. The van der Waals surface area contributed by atoms with Crippen molar-refractivity contribution in [2.45, 2.75) is 13.5 Å². The van der Waals surface area contributed by atoms with E-state index in [0.29, 0.717) is 23.1 Å². The number of fused-ring (bicyclic) bond motifs is 1. The molecule has 27 heavy (non-hydrogen) atoms. The lowest BCUT2D eigenvalue weighted by Gasteiger charge is -2.10. The second kappa shape index (κ2) is 7.29. The van der Waals surface area contributed by atoms with Crippen molar-refractivity contribution in [3.8, 4) is 16.9 Å². The first-order valence-corrected chi connectivity index (χ1v) is 9.07. The molecule has 0 aliphatic heterocycles. The molecule has 0 aliphatic rings. The van der Waals surface area contributed by atoms with Gasteiger partial charge in [0, 0.05) is 17.3 Å². The highest BCUT2D eigenvalue weighted by molar-refractivity contribution is 6.32. The molecule has 0 fully saturated rings. The van der Waals surface area contributed by atoms with E-state index >= 15 is 0 Å². The molecule has 0 saturated carbocycles. The topological polar surface area (TPSA) is 30.7 Å². The zero-order valence-corrected chi connectivity index (χ0v) is 15.6. The quantitative estimate of drug-likeness (QED) is 0.403. The number of carbonyl (C=O) groups is 1. The van der Waals surface area contributed by atoms with Crippen LogP contribution in [0.2, 0.25) is 5.02 Å². The van der Waals surface area contributed by atoms with E-state index in [1.165, 1.54) is 0 Å². The van der Waals surface area contributed by atoms with Crippen LogP contribution in [0.15, 0.2) is 72.9 Å². The molecule has 0 amide bonds. The van der Waals surface area contributed by atoms with E-state index in [1.54, 1.807) is 0 Å². The van der Waals surface area contributed by atoms with Crippen LogP contribution in [-0.4, -0.2) is 10.7 Å².